The Bertz CT molecular complexity index is 1610. The number of nitrogens with one attached hydrogen (secondary N) is 2. The molecule has 0 aliphatic carbocycles. The fourth-order valence-corrected chi connectivity index (χ4v) is 5.68. The number of oxazole rings is 1. The summed E-state index contributed by atoms with van der Waals surface area (Å²) < 4.78 is 22.0. The Morgan fingerprint density at radius 3 is 2.68 bits per heavy atom. The number of aromatic nitrogens is 1. The van der Waals surface area contributed by atoms with Crippen LogP contribution in [0.2, 0.25) is 0 Å². The third-order valence-corrected chi connectivity index (χ3v) is 8.27. The van der Waals surface area contributed by atoms with Crippen LogP contribution in [-0.4, -0.2) is 89.7 Å². The Morgan fingerprint density at radius 1 is 1.18 bits per heavy atom. The Labute approximate surface area is 290 Å². The first-order valence-electron chi connectivity index (χ1n) is 16.5. The van der Waals surface area contributed by atoms with Gasteiger partial charge in [-0.25, -0.2) is 14.6 Å². The van der Waals surface area contributed by atoms with E-state index in [-0.39, 0.29) is 55.8 Å². The molecule has 5 atom stereocenters. The molecular weight excluding hydrogens is 648 g/mol. The van der Waals surface area contributed by atoms with Crippen LogP contribution in [0.5, 0.6) is 5.75 Å². The SMILES string of the molecule is COc1ccc(NC(=O)OC[C@@H](C)[C@H]2OC(=O)[C@H]3CCCN3C(=O)c3coc(n3)CC(=O)C[C@H](O)/C=C(C)/C=C/CNC(=O)/C=C/[C@H]2C)cc1. The number of allylic oxidation sites excluding steroid dienone is 2. The number of rotatable bonds is 5. The molecule has 2 aliphatic heterocycles. The molecule has 1 aromatic heterocycles. The van der Waals surface area contributed by atoms with Gasteiger partial charge in [0.1, 0.15) is 29.9 Å². The van der Waals surface area contributed by atoms with Crippen LogP contribution in [0.4, 0.5) is 10.5 Å². The molecule has 0 saturated carbocycles. The van der Waals surface area contributed by atoms with Crippen LogP contribution in [0.15, 0.2) is 70.9 Å². The number of esters is 1. The van der Waals surface area contributed by atoms with E-state index in [1.165, 1.54) is 24.2 Å². The van der Waals surface area contributed by atoms with Crippen molar-refractivity contribution in [2.45, 2.75) is 64.7 Å². The molecular formula is C36H44N4O10. The predicted octanol–water partition coefficient (Wildman–Crippen LogP) is 3.77. The van der Waals surface area contributed by atoms with E-state index in [4.69, 9.17) is 18.6 Å². The summed E-state index contributed by atoms with van der Waals surface area (Å²) >= 11 is 0. The molecule has 1 saturated heterocycles. The summed E-state index contributed by atoms with van der Waals surface area (Å²) in [5.41, 5.74) is 1.12. The van der Waals surface area contributed by atoms with E-state index in [9.17, 15) is 29.1 Å². The number of benzene rings is 1. The van der Waals surface area contributed by atoms with Gasteiger partial charge in [0.15, 0.2) is 5.69 Å². The van der Waals surface area contributed by atoms with Gasteiger partial charge in [-0.1, -0.05) is 43.7 Å². The first-order valence-corrected chi connectivity index (χ1v) is 16.5. The number of carbonyl (C=O) groups excluding carboxylic acids is 5. The van der Waals surface area contributed by atoms with Crippen molar-refractivity contribution in [2.75, 3.05) is 32.1 Å². The maximum atomic E-state index is 13.7. The predicted molar refractivity (Wildman–Crippen MR) is 181 cm³/mol. The number of anilines is 1. The Balaban J connectivity index is 1.53. The Morgan fingerprint density at radius 2 is 1.94 bits per heavy atom. The van der Waals surface area contributed by atoms with Gasteiger partial charge in [-0.2, -0.15) is 0 Å². The first-order chi connectivity index (χ1) is 23.9. The molecule has 1 fully saturated rings. The Hall–Kier alpha value is -5.24. The molecule has 14 heteroatoms. The molecule has 268 valence electrons. The normalized spacial score (nSPS) is 25.6. The highest BCUT2D eigenvalue weighted by molar-refractivity contribution is 5.95. The number of cyclic esters (lactones) is 1. The summed E-state index contributed by atoms with van der Waals surface area (Å²) in [6, 6.07) is 5.78. The van der Waals surface area contributed by atoms with Gasteiger partial charge in [0.05, 0.1) is 26.2 Å². The Kier molecular flexibility index (Phi) is 13.5. The molecule has 1 aromatic carbocycles. The monoisotopic (exact) mass is 692 g/mol. The van der Waals surface area contributed by atoms with Gasteiger partial charge in [0, 0.05) is 37.0 Å². The minimum atomic E-state index is -1.05. The molecule has 0 radical (unpaired) electrons. The van der Waals surface area contributed by atoms with Crippen LogP contribution in [-0.2, 0) is 30.3 Å². The van der Waals surface area contributed by atoms with E-state index in [1.807, 2.05) is 0 Å². The van der Waals surface area contributed by atoms with Crippen molar-refractivity contribution in [3.8, 4) is 5.75 Å². The lowest BCUT2D eigenvalue weighted by atomic mass is 9.93. The van der Waals surface area contributed by atoms with Crippen molar-refractivity contribution in [2.24, 2.45) is 11.8 Å². The molecule has 2 aromatic rings. The molecule has 3 heterocycles. The highest BCUT2D eigenvalue weighted by Gasteiger charge is 2.39. The number of fused-ring (bicyclic) bond motifs is 3. The lowest BCUT2D eigenvalue weighted by Gasteiger charge is -2.30. The second kappa shape index (κ2) is 18.0. The zero-order valence-corrected chi connectivity index (χ0v) is 28.6. The number of Topliss-reactive ketones (excluding diaryl/α,β-unsaturated/α-hetero) is 1. The van der Waals surface area contributed by atoms with E-state index in [0.717, 1.165) is 6.26 Å². The van der Waals surface area contributed by atoms with E-state index in [0.29, 0.717) is 29.9 Å². The minimum absolute atomic E-state index is 0.0177. The number of amides is 3. The molecule has 3 amide bonds. The summed E-state index contributed by atoms with van der Waals surface area (Å²) in [6.45, 7) is 5.62. The fraction of sp³-hybridized carbons (Fsp3) is 0.444. The van der Waals surface area contributed by atoms with Crippen molar-refractivity contribution in [1.29, 1.82) is 0 Å². The molecule has 2 bridgehead atoms. The number of methoxy groups -OCH3 is 1. The average Bonchev–Trinajstić information content (AvgIpc) is 3.77. The van der Waals surface area contributed by atoms with E-state index in [1.54, 1.807) is 63.3 Å². The molecule has 3 N–H and O–H groups in total. The van der Waals surface area contributed by atoms with E-state index in [2.05, 4.69) is 15.6 Å². The summed E-state index contributed by atoms with van der Waals surface area (Å²) in [7, 11) is 1.54. The van der Waals surface area contributed by atoms with Crippen LogP contribution in [0, 0.1) is 11.8 Å². The standard InChI is InChI=1S/C36H44N4O10/c1-22-7-5-15-37-31(43)14-9-23(2)33(24(3)20-49-36(46)38-25-10-12-28(47-4)13-11-25)50-35(45)30-8-6-16-40(30)34(44)29-21-48-32(39-29)19-27(42)18-26(41)17-22/h5,7,9-14,17,21,23-24,26,30,33,41H,6,8,15-16,18-20H2,1-4H3,(H,37,43)(H,38,46)/b7-5+,14-9+,22-17+/t23-,24-,26-,30-,33+/m1/s1. The van der Waals surface area contributed by atoms with Gasteiger partial charge in [-0.15, -0.1) is 0 Å². The second-order valence-electron chi connectivity index (χ2n) is 12.4. The van der Waals surface area contributed by atoms with Crippen LogP contribution >= 0.6 is 0 Å². The smallest absolute Gasteiger partial charge is 0.411 e. The molecule has 0 unspecified atom stereocenters. The number of carbonyl (C=O) groups is 5. The van der Waals surface area contributed by atoms with Gasteiger partial charge in [-0.3, -0.25) is 19.7 Å². The van der Waals surface area contributed by atoms with Crippen LogP contribution < -0.4 is 15.4 Å². The maximum absolute atomic E-state index is 13.7. The summed E-state index contributed by atoms with van der Waals surface area (Å²) in [5.74, 6) is -2.32. The number of aliphatic hydroxyl groups is 1. The minimum Gasteiger partial charge on any atom is -0.497 e. The number of hydrogen-bond donors (Lipinski definition) is 3. The molecule has 50 heavy (non-hydrogen) atoms. The topological polar surface area (TPSA) is 187 Å². The highest BCUT2D eigenvalue weighted by Crippen LogP contribution is 2.26. The first kappa shape index (κ1) is 37.6. The van der Waals surface area contributed by atoms with E-state index < -0.39 is 48.1 Å². The lowest BCUT2D eigenvalue weighted by Crippen LogP contribution is -2.44. The quantitative estimate of drug-likeness (QED) is 0.387. The fourth-order valence-electron chi connectivity index (χ4n) is 5.68. The van der Waals surface area contributed by atoms with Crippen molar-refractivity contribution in [3.05, 3.63) is 78.1 Å². The highest BCUT2D eigenvalue weighted by atomic mass is 16.6. The largest absolute Gasteiger partial charge is 0.497 e. The lowest BCUT2D eigenvalue weighted by molar-refractivity contribution is -0.159. The van der Waals surface area contributed by atoms with Crippen LogP contribution in [0.1, 0.15) is 56.4 Å². The van der Waals surface area contributed by atoms with Crippen molar-refractivity contribution < 1.29 is 47.7 Å². The molecule has 0 spiro atoms. The van der Waals surface area contributed by atoms with E-state index >= 15 is 0 Å². The molecule has 14 nitrogen and oxygen atoms in total. The zero-order valence-electron chi connectivity index (χ0n) is 28.6. The number of ether oxygens (including phenoxy) is 3. The summed E-state index contributed by atoms with van der Waals surface area (Å²) in [6.07, 6.45) is 6.88. The van der Waals surface area contributed by atoms with Gasteiger partial charge < -0.3 is 34.0 Å². The molecule has 4 rings (SSSR count). The van der Waals surface area contributed by atoms with Crippen molar-refractivity contribution in [1.82, 2.24) is 15.2 Å². The number of aliphatic hydroxyl groups excluding tert-OH is 1. The van der Waals surface area contributed by atoms with Gasteiger partial charge in [0.25, 0.3) is 5.91 Å². The number of ketones is 1. The van der Waals surface area contributed by atoms with Crippen LogP contribution in [0.25, 0.3) is 0 Å². The zero-order chi connectivity index (χ0) is 36.2. The summed E-state index contributed by atoms with van der Waals surface area (Å²) in [4.78, 5) is 70.4. The summed E-state index contributed by atoms with van der Waals surface area (Å²) in [5, 5.41) is 15.7. The van der Waals surface area contributed by atoms with Crippen molar-refractivity contribution >= 4 is 35.3 Å². The third kappa shape index (κ3) is 10.9. The second-order valence-corrected chi connectivity index (χ2v) is 12.4. The van der Waals surface area contributed by atoms with Gasteiger partial charge >= 0.3 is 12.1 Å². The average molecular weight is 693 g/mol. The third-order valence-electron chi connectivity index (χ3n) is 8.27. The molecule has 2 aliphatic rings. The van der Waals surface area contributed by atoms with Gasteiger partial charge in [0.2, 0.25) is 11.8 Å². The van der Waals surface area contributed by atoms with Gasteiger partial charge in [-0.05, 0) is 50.1 Å². The maximum Gasteiger partial charge on any atom is 0.411 e. The number of nitrogens with zero attached hydrogens (tertiary/aromatic N) is 2. The van der Waals surface area contributed by atoms with Crippen LogP contribution in [0.3, 0.4) is 0 Å². The number of hydrogen-bond acceptors (Lipinski definition) is 11. The van der Waals surface area contributed by atoms with Crippen molar-refractivity contribution in [3.63, 3.8) is 0 Å².